The Hall–Kier alpha value is -4.80. The molecule has 3 aromatic rings. The van der Waals surface area contributed by atoms with Crippen LogP contribution in [0.1, 0.15) is 62.1 Å². The van der Waals surface area contributed by atoms with Crippen LogP contribution < -0.4 is 5.32 Å². The van der Waals surface area contributed by atoms with Gasteiger partial charge in [-0.25, -0.2) is 9.59 Å². The second-order valence-electron chi connectivity index (χ2n) is 12.6. The minimum absolute atomic E-state index is 0.0134. The molecule has 3 aromatic carbocycles. The number of esters is 2. The Morgan fingerprint density at radius 1 is 0.938 bits per heavy atom. The van der Waals surface area contributed by atoms with Gasteiger partial charge in [0.05, 0.1) is 28.6 Å². The summed E-state index contributed by atoms with van der Waals surface area (Å²) in [6, 6.07) is 27.0. The molecule has 5 rings (SSSR count). The van der Waals surface area contributed by atoms with E-state index in [1.54, 1.807) is 26.0 Å². The molecule has 1 saturated heterocycles. The highest BCUT2D eigenvalue weighted by Crippen LogP contribution is 2.41. The van der Waals surface area contributed by atoms with Crippen LogP contribution in [0.4, 0.5) is 5.69 Å². The summed E-state index contributed by atoms with van der Waals surface area (Å²) in [7, 11) is 1.50. The fourth-order valence-corrected chi connectivity index (χ4v) is 6.77. The summed E-state index contributed by atoms with van der Waals surface area (Å²) in [6.45, 7) is 7.75. The highest BCUT2D eigenvalue weighted by atomic mass is 16.6. The summed E-state index contributed by atoms with van der Waals surface area (Å²) < 4.78 is 16.8. The number of hydrogen-bond acceptors (Lipinski definition) is 9. The first-order valence-electron chi connectivity index (χ1n) is 16.2. The number of benzene rings is 3. The van der Waals surface area contributed by atoms with Crippen LogP contribution >= 0.6 is 0 Å². The second-order valence-corrected chi connectivity index (χ2v) is 12.6. The van der Waals surface area contributed by atoms with Gasteiger partial charge in [0.1, 0.15) is 12.2 Å². The van der Waals surface area contributed by atoms with Crippen LogP contribution in [0.15, 0.2) is 107 Å². The van der Waals surface area contributed by atoms with E-state index in [9.17, 15) is 19.7 Å². The number of methoxy groups -OCH3 is 1. The van der Waals surface area contributed by atoms with Gasteiger partial charge in [0.25, 0.3) is 5.69 Å². The summed E-state index contributed by atoms with van der Waals surface area (Å²) in [5.74, 6) is -1.93. The molecule has 0 saturated carbocycles. The molecule has 2 aliphatic heterocycles. The molecule has 2 aliphatic rings. The Bertz CT molecular complexity index is 1650. The Labute approximate surface area is 281 Å². The van der Waals surface area contributed by atoms with E-state index < -0.39 is 28.4 Å². The molecule has 48 heavy (non-hydrogen) atoms. The van der Waals surface area contributed by atoms with Crippen molar-refractivity contribution in [1.29, 1.82) is 0 Å². The Kier molecular flexibility index (Phi) is 11.1. The predicted molar refractivity (Wildman–Crippen MR) is 182 cm³/mol. The molecule has 0 aromatic heterocycles. The van der Waals surface area contributed by atoms with Gasteiger partial charge in [0.15, 0.2) is 0 Å². The fraction of sp³-hybridized carbons (Fsp3) is 0.368. The second kappa shape index (κ2) is 15.4. The first-order valence-corrected chi connectivity index (χ1v) is 16.2. The number of dihydropyridines is 1. The topological polar surface area (TPSA) is 120 Å². The van der Waals surface area contributed by atoms with Gasteiger partial charge < -0.3 is 19.5 Å². The normalized spacial score (nSPS) is 19.7. The number of allylic oxidation sites excluding steroid dienone is 2. The SMILES string of the molecule is COCCOC(=O)C1=C(C)NC(C)=C(C(=O)O[C@]2(C)CCN(CCC(c3ccccc3)c3ccccc3)C2)[C@@H]1c1cccc([N+](=O)[O-])c1. The van der Waals surface area contributed by atoms with Gasteiger partial charge in [0, 0.05) is 56.1 Å². The van der Waals surface area contributed by atoms with Gasteiger partial charge in [-0.15, -0.1) is 0 Å². The molecular weight excluding hydrogens is 610 g/mol. The third-order valence-electron chi connectivity index (χ3n) is 9.13. The number of carbonyl (C=O) groups is 2. The van der Waals surface area contributed by atoms with Crippen molar-refractivity contribution in [3.8, 4) is 0 Å². The summed E-state index contributed by atoms with van der Waals surface area (Å²) in [5.41, 5.74) is 3.42. The van der Waals surface area contributed by atoms with Crippen LogP contribution in [0.2, 0.25) is 0 Å². The van der Waals surface area contributed by atoms with Crippen molar-refractivity contribution in [3.05, 3.63) is 134 Å². The zero-order valence-corrected chi connectivity index (χ0v) is 27.9. The van der Waals surface area contributed by atoms with Gasteiger partial charge in [0.2, 0.25) is 0 Å². The zero-order valence-electron chi connectivity index (χ0n) is 27.9. The molecule has 10 heteroatoms. The van der Waals surface area contributed by atoms with Crippen molar-refractivity contribution >= 4 is 17.6 Å². The van der Waals surface area contributed by atoms with Crippen LogP contribution in [0, 0.1) is 10.1 Å². The average molecular weight is 654 g/mol. The van der Waals surface area contributed by atoms with E-state index in [0.29, 0.717) is 29.9 Å². The van der Waals surface area contributed by atoms with E-state index in [0.717, 1.165) is 19.5 Å². The Morgan fingerprint density at radius 3 is 2.17 bits per heavy atom. The zero-order chi connectivity index (χ0) is 34.3. The number of hydrogen-bond donors (Lipinski definition) is 1. The molecule has 252 valence electrons. The number of ether oxygens (including phenoxy) is 3. The first kappa shape index (κ1) is 34.5. The van der Waals surface area contributed by atoms with Crippen LogP contribution in [-0.4, -0.2) is 67.3 Å². The summed E-state index contributed by atoms with van der Waals surface area (Å²) >= 11 is 0. The highest BCUT2D eigenvalue weighted by molar-refractivity contribution is 6.00. The van der Waals surface area contributed by atoms with E-state index in [1.165, 1.54) is 30.4 Å². The van der Waals surface area contributed by atoms with Crippen LogP contribution in [0.5, 0.6) is 0 Å². The molecule has 0 spiro atoms. The van der Waals surface area contributed by atoms with Gasteiger partial charge in [-0.1, -0.05) is 72.8 Å². The molecule has 0 radical (unpaired) electrons. The van der Waals surface area contributed by atoms with Crippen molar-refractivity contribution < 1.29 is 28.7 Å². The smallest absolute Gasteiger partial charge is 0.337 e. The monoisotopic (exact) mass is 653 g/mol. The number of rotatable bonds is 13. The standard InChI is InChI=1S/C38H43N3O7/c1-26-33(36(42)47-23-22-46-4)35(30-16-11-17-31(24-30)41(44)45)34(27(2)39-26)37(43)48-38(3)19-21-40(25-38)20-18-32(28-12-7-5-8-13-28)29-14-9-6-10-15-29/h5-17,24,32,35,39H,18-23,25H2,1-4H3/t35-,38-/m1/s1. The maximum absolute atomic E-state index is 14.2. The Morgan fingerprint density at radius 2 is 1.56 bits per heavy atom. The number of nitro benzene ring substituents is 1. The van der Waals surface area contributed by atoms with Gasteiger partial charge >= 0.3 is 11.9 Å². The number of nitro groups is 1. The quantitative estimate of drug-likeness (QED) is 0.0988. The first-order chi connectivity index (χ1) is 23.1. The summed E-state index contributed by atoms with van der Waals surface area (Å²) in [6.07, 6.45) is 1.54. The summed E-state index contributed by atoms with van der Waals surface area (Å²) in [4.78, 5) is 41.2. The number of carbonyl (C=O) groups excluding carboxylic acids is 2. The number of nitrogens with one attached hydrogen (secondary N) is 1. The minimum Gasteiger partial charge on any atom is -0.460 e. The minimum atomic E-state index is -0.938. The Balaban J connectivity index is 1.36. The van der Waals surface area contributed by atoms with Gasteiger partial charge in [-0.2, -0.15) is 0 Å². The highest BCUT2D eigenvalue weighted by Gasteiger charge is 2.43. The lowest BCUT2D eigenvalue weighted by Gasteiger charge is -2.33. The fourth-order valence-electron chi connectivity index (χ4n) is 6.77. The average Bonchev–Trinajstić information content (AvgIpc) is 3.45. The van der Waals surface area contributed by atoms with E-state index in [4.69, 9.17) is 14.2 Å². The number of non-ortho nitro benzene ring substituents is 1. The molecule has 0 bridgehead atoms. The largest absolute Gasteiger partial charge is 0.460 e. The molecule has 2 heterocycles. The van der Waals surface area contributed by atoms with E-state index >= 15 is 0 Å². The molecule has 2 atom stereocenters. The molecule has 0 amide bonds. The van der Waals surface area contributed by atoms with Gasteiger partial charge in [-0.3, -0.25) is 15.0 Å². The van der Waals surface area contributed by atoms with Crippen LogP contribution in [0.25, 0.3) is 0 Å². The molecule has 1 N–H and O–H groups in total. The van der Waals surface area contributed by atoms with Crippen molar-refractivity contribution in [2.75, 3.05) is 40.0 Å². The van der Waals surface area contributed by atoms with Crippen molar-refractivity contribution in [3.63, 3.8) is 0 Å². The molecule has 0 unspecified atom stereocenters. The van der Waals surface area contributed by atoms with Gasteiger partial charge in [-0.05, 0) is 50.4 Å². The lowest BCUT2D eigenvalue weighted by molar-refractivity contribution is -0.384. The van der Waals surface area contributed by atoms with E-state index in [1.807, 2.05) is 19.1 Å². The number of likely N-dealkylation sites (tertiary alicyclic amines) is 1. The summed E-state index contributed by atoms with van der Waals surface area (Å²) in [5, 5.41) is 14.9. The lowest BCUT2D eigenvalue weighted by Crippen LogP contribution is -2.39. The molecule has 10 nitrogen and oxygen atoms in total. The van der Waals surface area contributed by atoms with Crippen LogP contribution in [0.3, 0.4) is 0 Å². The van der Waals surface area contributed by atoms with Crippen molar-refractivity contribution in [1.82, 2.24) is 10.2 Å². The maximum Gasteiger partial charge on any atom is 0.337 e. The van der Waals surface area contributed by atoms with Crippen molar-refractivity contribution in [2.24, 2.45) is 0 Å². The van der Waals surface area contributed by atoms with E-state index in [-0.39, 0.29) is 36.0 Å². The molecule has 0 aliphatic carbocycles. The molecule has 1 fully saturated rings. The third kappa shape index (κ3) is 8.00. The predicted octanol–water partition coefficient (Wildman–Crippen LogP) is 6.25. The van der Waals surface area contributed by atoms with Crippen molar-refractivity contribution in [2.45, 2.75) is 51.0 Å². The van der Waals surface area contributed by atoms with E-state index in [2.05, 4.69) is 58.7 Å². The van der Waals surface area contributed by atoms with Crippen LogP contribution in [-0.2, 0) is 23.8 Å². The molecular formula is C38H43N3O7. The third-order valence-corrected chi connectivity index (χ3v) is 9.13. The maximum atomic E-state index is 14.2. The number of nitrogens with zero attached hydrogens (tertiary/aromatic N) is 2. The lowest BCUT2D eigenvalue weighted by atomic mass is 9.80.